The van der Waals surface area contributed by atoms with Crippen LogP contribution in [0.25, 0.3) is 22.3 Å². The molecular formula is C23H23NO12. The van der Waals surface area contributed by atoms with E-state index in [1.54, 1.807) is 0 Å². The Balaban J connectivity index is 1.92. The fourth-order valence-electron chi connectivity index (χ4n) is 3.92. The Morgan fingerprint density at radius 3 is 2.39 bits per heavy atom. The van der Waals surface area contributed by atoms with E-state index in [9.17, 15) is 45.3 Å². The maximum atomic E-state index is 13.5. The minimum atomic E-state index is -1.68. The number of aliphatic hydroxyl groups is 3. The minimum absolute atomic E-state index is 0.0216. The Labute approximate surface area is 202 Å². The number of benzene rings is 2. The molecule has 1 fully saturated rings. The van der Waals surface area contributed by atoms with Crippen molar-refractivity contribution in [2.75, 3.05) is 6.61 Å². The zero-order valence-corrected chi connectivity index (χ0v) is 18.7. The van der Waals surface area contributed by atoms with Gasteiger partial charge in [-0.3, -0.25) is 9.59 Å². The number of hydrogen-bond acceptors (Lipinski definition) is 12. The SMILES string of the molecule is CC(=O)N[C@H]1[C@H](Oc2c(-c3ccc(O)c(O)c3)oc3cc(O)cc(O)c3c2=O)O[C@H](CO)[C@@H](O)[C@@H]1O. The number of aliphatic hydroxyl groups excluding tert-OH is 3. The van der Waals surface area contributed by atoms with Gasteiger partial charge in [-0.05, 0) is 18.2 Å². The summed E-state index contributed by atoms with van der Waals surface area (Å²) in [6, 6.07) is 3.98. The zero-order valence-electron chi connectivity index (χ0n) is 18.7. The van der Waals surface area contributed by atoms with Gasteiger partial charge < -0.3 is 55.0 Å². The maximum absolute atomic E-state index is 13.5. The molecule has 5 atom stereocenters. The highest BCUT2D eigenvalue weighted by Gasteiger charge is 2.46. The molecule has 0 saturated carbocycles. The molecule has 192 valence electrons. The molecule has 36 heavy (non-hydrogen) atoms. The van der Waals surface area contributed by atoms with E-state index in [-0.39, 0.29) is 22.3 Å². The van der Waals surface area contributed by atoms with Crippen LogP contribution in [-0.2, 0) is 9.53 Å². The van der Waals surface area contributed by atoms with Crippen LogP contribution in [0.4, 0.5) is 0 Å². The van der Waals surface area contributed by atoms with Gasteiger partial charge in [-0.25, -0.2) is 0 Å². The van der Waals surface area contributed by atoms with Gasteiger partial charge in [0, 0.05) is 24.6 Å². The summed E-state index contributed by atoms with van der Waals surface area (Å²) in [5.41, 5.74) is -1.19. The third-order valence-corrected chi connectivity index (χ3v) is 5.64. The molecule has 1 saturated heterocycles. The number of carbonyl (C=O) groups is 1. The smallest absolute Gasteiger partial charge is 0.239 e. The maximum Gasteiger partial charge on any atom is 0.239 e. The van der Waals surface area contributed by atoms with E-state index in [1.165, 1.54) is 6.07 Å². The summed E-state index contributed by atoms with van der Waals surface area (Å²) in [5, 5.41) is 72.1. The molecule has 4 rings (SSSR count). The first-order valence-corrected chi connectivity index (χ1v) is 10.6. The Bertz CT molecular complexity index is 1370. The highest BCUT2D eigenvalue weighted by atomic mass is 16.7. The summed E-state index contributed by atoms with van der Waals surface area (Å²) in [6.07, 6.45) is -6.29. The molecule has 1 aromatic heterocycles. The van der Waals surface area contributed by atoms with Crippen LogP contribution in [0.2, 0.25) is 0 Å². The first-order chi connectivity index (χ1) is 17.0. The number of amides is 1. The molecule has 1 aliphatic rings. The van der Waals surface area contributed by atoms with Crippen LogP contribution >= 0.6 is 0 Å². The topological polar surface area (TPSA) is 219 Å². The number of hydrogen-bond donors (Lipinski definition) is 8. The van der Waals surface area contributed by atoms with Crippen LogP contribution in [0.5, 0.6) is 28.7 Å². The van der Waals surface area contributed by atoms with Gasteiger partial charge in [-0.1, -0.05) is 0 Å². The van der Waals surface area contributed by atoms with Gasteiger partial charge in [-0.2, -0.15) is 0 Å². The second kappa shape index (κ2) is 9.54. The molecule has 13 heteroatoms. The molecule has 0 spiro atoms. The van der Waals surface area contributed by atoms with E-state index in [0.717, 1.165) is 31.2 Å². The predicted molar refractivity (Wildman–Crippen MR) is 121 cm³/mol. The highest BCUT2D eigenvalue weighted by molar-refractivity contribution is 5.88. The average molecular weight is 505 g/mol. The molecular weight excluding hydrogens is 482 g/mol. The van der Waals surface area contributed by atoms with E-state index in [0.29, 0.717) is 0 Å². The predicted octanol–water partition coefficient (Wildman–Crippen LogP) is -0.395. The molecule has 0 bridgehead atoms. The minimum Gasteiger partial charge on any atom is -0.508 e. The summed E-state index contributed by atoms with van der Waals surface area (Å²) < 4.78 is 17.0. The molecule has 13 nitrogen and oxygen atoms in total. The molecule has 1 aliphatic heterocycles. The number of phenolic OH excluding ortho intramolecular Hbond substituents is 4. The number of ether oxygens (including phenoxy) is 2. The van der Waals surface area contributed by atoms with Crippen molar-refractivity contribution in [3.63, 3.8) is 0 Å². The summed E-state index contributed by atoms with van der Waals surface area (Å²) in [4.78, 5) is 25.2. The Morgan fingerprint density at radius 2 is 1.75 bits per heavy atom. The summed E-state index contributed by atoms with van der Waals surface area (Å²) in [6.45, 7) is 0.393. The normalized spacial score (nSPS) is 23.9. The second-order valence-corrected chi connectivity index (χ2v) is 8.18. The molecule has 1 amide bonds. The van der Waals surface area contributed by atoms with Crippen molar-refractivity contribution in [1.29, 1.82) is 0 Å². The molecule has 0 aliphatic carbocycles. The van der Waals surface area contributed by atoms with Gasteiger partial charge in [0.15, 0.2) is 17.3 Å². The van der Waals surface area contributed by atoms with Crippen molar-refractivity contribution in [2.24, 2.45) is 0 Å². The molecule has 0 radical (unpaired) electrons. The average Bonchev–Trinajstić information content (AvgIpc) is 2.81. The fourth-order valence-corrected chi connectivity index (χ4v) is 3.92. The van der Waals surface area contributed by atoms with Crippen LogP contribution in [0, 0.1) is 0 Å². The lowest BCUT2D eigenvalue weighted by molar-refractivity contribution is -0.244. The highest BCUT2D eigenvalue weighted by Crippen LogP contribution is 2.39. The third-order valence-electron chi connectivity index (χ3n) is 5.64. The van der Waals surface area contributed by atoms with Crippen LogP contribution in [-0.4, -0.2) is 78.9 Å². The van der Waals surface area contributed by atoms with Crippen LogP contribution in [0.1, 0.15) is 6.92 Å². The van der Waals surface area contributed by atoms with Crippen molar-refractivity contribution in [2.45, 2.75) is 37.6 Å². The first-order valence-electron chi connectivity index (χ1n) is 10.6. The van der Waals surface area contributed by atoms with Gasteiger partial charge in [0.25, 0.3) is 0 Å². The Hall–Kier alpha value is -4.04. The van der Waals surface area contributed by atoms with Crippen LogP contribution in [0.15, 0.2) is 39.5 Å². The van der Waals surface area contributed by atoms with E-state index in [2.05, 4.69) is 5.32 Å². The lowest BCUT2D eigenvalue weighted by Crippen LogP contribution is -2.65. The number of nitrogens with one attached hydrogen (secondary N) is 1. The molecule has 2 aromatic carbocycles. The Morgan fingerprint density at radius 1 is 1.03 bits per heavy atom. The Kier molecular flexibility index (Phi) is 6.65. The molecule has 0 unspecified atom stereocenters. The number of rotatable bonds is 5. The molecule has 2 heterocycles. The van der Waals surface area contributed by atoms with Crippen molar-refractivity contribution < 1.29 is 54.4 Å². The van der Waals surface area contributed by atoms with E-state index >= 15 is 0 Å². The van der Waals surface area contributed by atoms with E-state index in [4.69, 9.17) is 13.9 Å². The standard InChI is InChI=1S/C23H23NO12/c1-8(26)24-17-20(33)18(31)15(7-25)35-23(17)36-22-19(32)16-13(30)5-10(27)6-14(16)34-21(22)9-2-3-11(28)12(29)4-9/h2-6,15,17-18,20,23,25,27-31,33H,7H2,1H3,(H,24,26)/t15-,17-,18-,20-,23+/m1/s1. The van der Waals surface area contributed by atoms with Gasteiger partial charge >= 0.3 is 0 Å². The summed E-state index contributed by atoms with van der Waals surface area (Å²) in [7, 11) is 0. The van der Waals surface area contributed by atoms with Crippen molar-refractivity contribution in [3.8, 4) is 40.1 Å². The van der Waals surface area contributed by atoms with E-state index < -0.39 is 77.3 Å². The molecule has 8 N–H and O–H groups in total. The first kappa shape index (κ1) is 25.1. The largest absolute Gasteiger partial charge is 0.508 e. The number of phenols is 4. The lowest BCUT2D eigenvalue weighted by atomic mass is 9.97. The van der Waals surface area contributed by atoms with Crippen LogP contribution < -0.4 is 15.5 Å². The summed E-state index contributed by atoms with van der Waals surface area (Å²) in [5.74, 6) is -3.66. The summed E-state index contributed by atoms with van der Waals surface area (Å²) >= 11 is 0. The monoisotopic (exact) mass is 505 g/mol. The second-order valence-electron chi connectivity index (χ2n) is 8.18. The fraction of sp³-hybridized carbons (Fsp3) is 0.304. The third kappa shape index (κ3) is 4.47. The number of fused-ring (bicyclic) bond motifs is 1. The van der Waals surface area contributed by atoms with Gasteiger partial charge in [0.1, 0.15) is 46.8 Å². The van der Waals surface area contributed by atoms with Gasteiger partial charge in [-0.15, -0.1) is 0 Å². The van der Waals surface area contributed by atoms with Crippen LogP contribution in [0.3, 0.4) is 0 Å². The zero-order chi connectivity index (χ0) is 26.3. The van der Waals surface area contributed by atoms with Gasteiger partial charge in [0.05, 0.1) is 6.61 Å². The lowest BCUT2D eigenvalue weighted by Gasteiger charge is -2.42. The molecule has 3 aromatic rings. The van der Waals surface area contributed by atoms with Crippen molar-refractivity contribution >= 4 is 16.9 Å². The quantitative estimate of drug-likeness (QED) is 0.208. The number of carbonyl (C=O) groups excluding carboxylic acids is 1. The number of aromatic hydroxyl groups is 4. The van der Waals surface area contributed by atoms with Crippen molar-refractivity contribution in [3.05, 3.63) is 40.6 Å². The van der Waals surface area contributed by atoms with Gasteiger partial charge in [0.2, 0.25) is 23.4 Å². The van der Waals surface area contributed by atoms with E-state index in [1.807, 2.05) is 0 Å². The van der Waals surface area contributed by atoms with Crippen molar-refractivity contribution in [1.82, 2.24) is 5.32 Å².